The van der Waals surface area contributed by atoms with Crippen LogP contribution in [0.3, 0.4) is 0 Å². The van der Waals surface area contributed by atoms with Gasteiger partial charge in [-0.2, -0.15) is 0 Å². The molecule has 0 aliphatic carbocycles. The lowest BCUT2D eigenvalue weighted by Crippen LogP contribution is -2.10. The van der Waals surface area contributed by atoms with Gasteiger partial charge in [0.15, 0.2) is 0 Å². The van der Waals surface area contributed by atoms with Gasteiger partial charge in [-0.3, -0.25) is 4.98 Å². The number of benzene rings is 1. The Morgan fingerprint density at radius 1 is 1.12 bits per heavy atom. The summed E-state index contributed by atoms with van der Waals surface area (Å²) in [5.41, 5.74) is 6.15. The molecule has 0 radical (unpaired) electrons. The first kappa shape index (κ1) is 20.7. The van der Waals surface area contributed by atoms with Gasteiger partial charge in [0, 0.05) is 21.8 Å². The summed E-state index contributed by atoms with van der Waals surface area (Å²) in [6, 6.07) is 7.88. The van der Waals surface area contributed by atoms with E-state index in [2.05, 4.69) is 52.8 Å². The predicted molar refractivity (Wildman–Crippen MR) is 113 cm³/mol. The van der Waals surface area contributed by atoms with E-state index in [0.29, 0.717) is 10.9 Å². The normalized spacial score (nSPS) is 11.9. The van der Waals surface area contributed by atoms with Crippen molar-refractivity contribution in [3.8, 4) is 11.1 Å². The Bertz CT molecular complexity index is 778. The van der Waals surface area contributed by atoms with E-state index in [0.717, 1.165) is 46.5 Å². The molecule has 0 unspecified atom stereocenters. The van der Waals surface area contributed by atoms with Gasteiger partial charge < -0.3 is 5.11 Å². The molecule has 0 atom stereocenters. The molecule has 1 aromatic carbocycles. The van der Waals surface area contributed by atoms with Crippen molar-refractivity contribution in [3.05, 3.63) is 57.9 Å². The summed E-state index contributed by atoms with van der Waals surface area (Å²) >= 11 is 6.28. The Hall–Kier alpha value is -1.64. The standard InChI is InChI=1S/C23H30ClNO/c1-6-7-8-12-19-21(17-10-9-11-18(24)13-17)20(14-26)23(16(4)5)25-22(19)15(2)3/h8-13,15-16,26H,6-7,14H2,1-5H3/b12-8+. The maximum Gasteiger partial charge on any atom is 0.0706 e. The Labute approximate surface area is 162 Å². The van der Waals surface area contributed by atoms with Crippen LogP contribution in [0.1, 0.15) is 81.8 Å². The third-order valence-electron chi connectivity index (χ3n) is 4.50. The molecule has 0 aliphatic rings. The largest absolute Gasteiger partial charge is 0.392 e. The van der Waals surface area contributed by atoms with Crippen molar-refractivity contribution in [1.29, 1.82) is 0 Å². The smallest absolute Gasteiger partial charge is 0.0706 e. The molecular weight excluding hydrogens is 342 g/mol. The van der Waals surface area contributed by atoms with Gasteiger partial charge in [-0.05, 0) is 41.5 Å². The topological polar surface area (TPSA) is 33.1 Å². The average molecular weight is 372 g/mol. The van der Waals surface area contributed by atoms with Crippen molar-refractivity contribution < 1.29 is 5.11 Å². The number of hydrogen-bond donors (Lipinski definition) is 1. The molecule has 0 bridgehead atoms. The highest BCUT2D eigenvalue weighted by atomic mass is 35.5. The SMILES string of the molecule is CCC/C=C/c1c(C(C)C)nc(C(C)C)c(CO)c1-c1cccc(Cl)c1. The zero-order valence-electron chi connectivity index (χ0n) is 16.5. The summed E-state index contributed by atoms with van der Waals surface area (Å²) in [7, 11) is 0. The summed E-state index contributed by atoms with van der Waals surface area (Å²) in [6.45, 7) is 10.7. The summed E-state index contributed by atoms with van der Waals surface area (Å²) in [5, 5.41) is 10.9. The van der Waals surface area contributed by atoms with E-state index >= 15 is 0 Å². The minimum absolute atomic E-state index is 0.0324. The summed E-state index contributed by atoms with van der Waals surface area (Å²) in [6.07, 6.45) is 6.50. The molecule has 0 spiro atoms. The van der Waals surface area contributed by atoms with E-state index in [1.807, 2.05) is 18.2 Å². The zero-order chi connectivity index (χ0) is 19.3. The van der Waals surface area contributed by atoms with Crippen LogP contribution < -0.4 is 0 Å². The molecule has 26 heavy (non-hydrogen) atoms. The molecule has 0 fully saturated rings. The fourth-order valence-corrected chi connectivity index (χ4v) is 3.45. The minimum atomic E-state index is -0.0324. The van der Waals surface area contributed by atoms with Crippen LogP contribution >= 0.6 is 11.6 Å². The van der Waals surface area contributed by atoms with Crippen molar-refractivity contribution in [2.45, 2.75) is 65.9 Å². The number of nitrogens with zero attached hydrogens (tertiary/aromatic N) is 1. The van der Waals surface area contributed by atoms with Crippen LogP contribution in [0.5, 0.6) is 0 Å². The van der Waals surface area contributed by atoms with Crippen LogP contribution in [-0.4, -0.2) is 10.1 Å². The van der Waals surface area contributed by atoms with Crippen molar-refractivity contribution in [1.82, 2.24) is 4.98 Å². The van der Waals surface area contributed by atoms with E-state index in [9.17, 15) is 5.11 Å². The third kappa shape index (κ3) is 4.55. The molecule has 0 amide bonds. The molecule has 140 valence electrons. The summed E-state index contributed by atoms with van der Waals surface area (Å²) in [5.74, 6) is 0.528. The lowest BCUT2D eigenvalue weighted by Gasteiger charge is -2.23. The van der Waals surface area contributed by atoms with Gasteiger partial charge >= 0.3 is 0 Å². The van der Waals surface area contributed by atoms with E-state index < -0.39 is 0 Å². The number of rotatable bonds is 7. The monoisotopic (exact) mass is 371 g/mol. The maximum absolute atomic E-state index is 10.2. The van der Waals surface area contributed by atoms with Crippen LogP contribution in [0, 0.1) is 0 Å². The Balaban J connectivity index is 2.89. The molecule has 1 N–H and O–H groups in total. The van der Waals surface area contributed by atoms with Crippen LogP contribution in [0.2, 0.25) is 5.02 Å². The molecule has 1 heterocycles. The van der Waals surface area contributed by atoms with E-state index in [-0.39, 0.29) is 12.5 Å². The highest BCUT2D eigenvalue weighted by Crippen LogP contribution is 2.38. The number of halogens is 1. The second kappa shape index (κ2) is 9.34. The highest BCUT2D eigenvalue weighted by molar-refractivity contribution is 6.30. The van der Waals surface area contributed by atoms with Gasteiger partial charge in [0.1, 0.15) is 0 Å². The highest BCUT2D eigenvalue weighted by Gasteiger charge is 2.22. The van der Waals surface area contributed by atoms with Crippen molar-refractivity contribution in [3.63, 3.8) is 0 Å². The van der Waals surface area contributed by atoms with Crippen LogP contribution in [-0.2, 0) is 6.61 Å². The first-order valence-corrected chi connectivity index (χ1v) is 9.88. The number of aliphatic hydroxyl groups excluding tert-OH is 1. The Morgan fingerprint density at radius 3 is 2.35 bits per heavy atom. The Kier molecular flexibility index (Phi) is 7.43. The van der Waals surface area contributed by atoms with E-state index in [1.54, 1.807) is 0 Å². The fraction of sp³-hybridized carbons (Fsp3) is 0.435. The fourth-order valence-electron chi connectivity index (χ4n) is 3.26. The van der Waals surface area contributed by atoms with Crippen molar-refractivity contribution >= 4 is 17.7 Å². The molecule has 0 saturated carbocycles. The molecule has 3 heteroatoms. The summed E-state index contributed by atoms with van der Waals surface area (Å²) in [4.78, 5) is 4.99. The van der Waals surface area contributed by atoms with Crippen LogP contribution in [0.4, 0.5) is 0 Å². The number of aliphatic hydroxyl groups is 1. The van der Waals surface area contributed by atoms with Gasteiger partial charge in [0.25, 0.3) is 0 Å². The van der Waals surface area contributed by atoms with Crippen molar-refractivity contribution in [2.24, 2.45) is 0 Å². The number of hydrogen-bond acceptors (Lipinski definition) is 2. The number of pyridine rings is 1. The average Bonchev–Trinajstić information content (AvgIpc) is 2.60. The first-order chi connectivity index (χ1) is 12.4. The lowest BCUT2D eigenvalue weighted by atomic mass is 9.87. The predicted octanol–water partition coefficient (Wildman–Crippen LogP) is 6.95. The Morgan fingerprint density at radius 2 is 1.81 bits per heavy atom. The van der Waals surface area contributed by atoms with Gasteiger partial charge in [0.05, 0.1) is 12.3 Å². The first-order valence-electron chi connectivity index (χ1n) is 9.50. The molecule has 2 aromatic rings. The van der Waals surface area contributed by atoms with Gasteiger partial charge in [0.2, 0.25) is 0 Å². The molecule has 2 nitrogen and oxygen atoms in total. The maximum atomic E-state index is 10.2. The quantitative estimate of drug-likeness (QED) is 0.570. The van der Waals surface area contributed by atoms with Crippen LogP contribution in [0.25, 0.3) is 17.2 Å². The second-order valence-corrected chi connectivity index (χ2v) is 7.75. The van der Waals surface area contributed by atoms with Gasteiger partial charge in [-0.15, -0.1) is 0 Å². The lowest BCUT2D eigenvalue weighted by molar-refractivity contribution is 0.280. The van der Waals surface area contributed by atoms with Crippen molar-refractivity contribution in [2.75, 3.05) is 0 Å². The van der Waals surface area contributed by atoms with Crippen LogP contribution in [0.15, 0.2) is 30.3 Å². The molecule has 0 aliphatic heterocycles. The molecule has 0 saturated heterocycles. The zero-order valence-corrected chi connectivity index (χ0v) is 17.3. The number of aromatic nitrogens is 1. The van der Waals surface area contributed by atoms with Gasteiger partial charge in [-0.25, -0.2) is 0 Å². The molecular formula is C23H30ClNO. The second-order valence-electron chi connectivity index (χ2n) is 7.32. The number of unbranched alkanes of at least 4 members (excludes halogenated alkanes) is 1. The van der Waals surface area contributed by atoms with E-state index in [1.165, 1.54) is 0 Å². The minimum Gasteiger partial charge on any atom is -0.392 e. The van der Waals surface area contributed by atoms with E-state index in [4.69, 9.17) is 16.6 Å². The summed E-state index contributed by atoms with van der Waals surface area (Å²) < 4.78 is 0. The van der Waals surface area contributed by atoms with Gasteiger partial charge in [-0.1, -0.05) is 76.9 Å². The number of allylic oxidation sites excluding steroid dienone is 1. The third-order valence-corrected chi connectivity index (χ3v) is 4.74. The molecule has 2 rings (SSSR count). The molecule has 1 aromatic heterocycles.